The van der Waals surface area contributed by atoms with E-state index in [1.165, 1.54) is 22.9 Å². The lowest BCUT2D eigenvalue weighted by Crippen LogP contribution is -2.40. The van der Waals surface area contributed by atoms with E-state index in [2.05, 4.69) is 21.4 Å². The highest BCUT2D eigenvalue weighted by Gasteiger charge is 2.29. The number of carbonyl (C=O) groups is 3. The maximum Gasteiger partial charge on any atom is 0.328 e. The number of nitriles is 1. The van der Waals surface area contributed by atoms with E-state index >= 15 is 0 Å². The van der Waals surface area contributed by atoms with Crippen LogP contribution in [0.2, 0.25) is 0 Å². The third-order valence-electron chi connectivity index (χ3n) is 6.39. The van der Waals surface area contributed by atoms with Gasteiger partial charge < -0.3 is 14.4 Å². The summed E-state index contributed by atoms with van der Waals surface area (Å²) in [6.45, 7) is 1.74. The average molecular weight is 539 g/mol. The average Bonchev–Trinajstić information content (AvgIpc) is 3.47. The number of hydrogen-bond acceptors (Lipinski definition) is 9. The molecule has 1 atom stereocenters. The number of urea groups is 1. The molecule has 4 rings (SSSR count). The van der Waals surface area contributed by atoms with Crippen LogP contribution in [0.1, 0.15) is 46.4 Å². The molecule has 0 saturated carbocycles. The number of nitrogens with zero attached hydrogens (tertiary/aromatic N) is 5. The Balaban J connectivity index is 1.51. The van der Waals surface area contributed by atoms with Crippen LogP contribution in [0, 0.1) is 11.3 Å². The Bertz CT molecular complexity index is 1240. The SMILES string of the molecule is COCCSc1cc(NC(=O)N2CCCc3cc(CN(C)C(=O)[C@@H]4CCCO4)c(C=O)nc32)ncc1C#N. The number of thioether (sulfide) groups is 1. The minimum absolute atomic E-state index is 0.118. The fourth-order valence-corrected chi connectivity index (χ4v) is 5.38. The molecule has 4 heterocycles. The van der Waals surface area contributed by atoms with Gasteiger partial charge in [-0.2, -0.15) is 5.26 Å². The number of methoxy groups -OCH3 is 1. The van der Waals surface area contributed by atoms with E-state index in [4.69, 9.17) is 9.47 Å². The third kappa shape index (κ3) is 6.30. The summed E-state index contributed by atoms with van der Waals surface area (Å²) in [5.41, 5.74) is 2.05. The summed E-state index contributed by atoms with van der Waals surface area (Å²) in [5, 5.41) is 12.2. The molecule has 11 nitrogen and oxygen atoms in total. The number of hydrogen-bond donors (Lipinski definition) is 1. The summed E-state index contributed by atoms with van der Waals surface area (Å²) in [4.78, 5) is 50.4. The van der Waals surface area contributed by atoms with Crippen LogP contribution >= 0.6 is 11.8 Å². The molecular weight excluding hydrogens is 508 g/mol. The molecule has 2 aromatic heterocycles. The van der Waals surface area contributed by atoms with Gasteiger partial charge in [-0.05, 0) is 43.4 Å². The second kappa shape index (κ2) is 12.8. The van der Waals surface area contributed by atoms with Crippen molar-refractivity contribution in [2.24, 2.45) is 0 Å². The Morgan fingerprint density at radius 1 is 1.39 bits per heavy atom. The number of ether oxygens (including phenoxy) is 2. The molecule has 38 heavy (non-hydrogen) atoms. The van der Waals surface area contributed by atoms with Crippen LogP contribution in [0.5, 0.6) is 0 Å². The van der Waals surface area contributed by atoms with Gasteiger partial charge in [0.15, 0.2) is 6.29 Å². The van der Waals surface area contributed by atoms with Crippen molar-refractivity contribution in [3.63, 3.8) is 0 Å². The van der Waals surface area contributed by atoms with E-state index in [9.17, 15) is 19.6 Å². The predicted octanol–water partition coefficient (Wildman–Crippen LogP) is 3.02. The molecular formula is C26H30N6O5S. The highest BCUT2D eigenvalue weighted by atomic mass is 32.2. The molecule has 0 aromatic carbocycles. The van der Waals surface area contributed by atoms with Crippen molar-refractivity contribution in [3.8, 4) is 6.07 Å². The maximum atomic E-state index is 13.2. The van der Waals surface area contributed by atoms with E-state index in [0.717, 1.165) is 12.0 Å². The van der Waals surface area contributed by atoms with Crippen molar-refractivity contribution in [1.82, 2.24) is 14.9 Å². The summed E-state index contributed by atoms with van der Waals surface area (Å²) in [5.74, 6) is 1.25. The first-order valence-corrected chi connectivity index (χ1v) is 13.4. The van der Waals surface area contributed by atoms with E-state index in [0.29, 0.717) is 78.7 Å². The molecule has 3 amide bonds. The van der Waals surface area contributed by atoms with Crippen molar-refractivity contribution in [2.75, 3.05) is 49.9 Å². The van der Waals surface area contributed by atoms with Crippen molar-refractivity contribution < 1.29 is 23.9 Å². The maximum absolute atomic E-state index is 13.2. The summed E-state index contributed by atoms with van der Waals surface area (Å²) in [7, 11) is 3.29. The standard InChI is InChI=1S/C26H30N6O5S/c1-31(25(34)21-6-4-8-37-21)15-18-11-17-5-3-7-32(24(17)29-20(18)16-33)26(35)30-23-12-22(38-10-9-36-2)19(13-27)14-28-23/h11-12,14,16,21H,3-10,15H2,1-2H3,(H,28,30,35)/t21-/m0/s1. The number of likely N-dealkylation sites (N-methyl/N-ethyl adjacent to an activating group) is 1. The molecule has 1 saturated heterocycles. The fourth-order valence-electron chi connectivity index (χ4n) is 4.46. The summed E-state index contributed by atoms with van der Waals surface area (Å²) in [6, 6.07) is 5.20. The van der Waals surface area contributed by atoms with Gasteiger partial charge in [-0.1, -0.05) is 0 Å². The van der Waals surface area contributed by atoms with Crippen molar-refractivity contribution in [3.05, 3.63) is 40.7 Å². The molecule has 200 valence electrons. The van der Waals surface area contributed by atoms with Crippen LogP contribution in [0.3, 0.4) is 0 Å². The molecule has 1 fully saturated rings. The normalized spacial score (nSPS) is 16.4. The van der Waals surface area contributed by atoms with Crippen molar-refractivity contribution >= 4 is 41.6 Å². The van der Waals surface area contributed by atoms with Gasteiger partial charge in [-0.15, -0.1) is 11.8 Å². The predicted molar refractivity (Wildman–Crippen MR) is 141 cm³/mol. The second-order valence-corrected chi connectivity index (χ2v) is 10.2. The van der Waals surface area contributed by atoms with Crippen LogP contribution < -0.4 is 10.2 Å². The van der Waals surface area contributed by atoms with Gasteiger partial charge >= 0.3 is 6.03 Å². The number of carbonyl (C=O) groups excluding carboxylic acids is 3. The Morgan fingerprint density at radius 3 is 2.95 bits per heavy atom. The minimum atomic E-state index is -0.445. The zero-order valence-corrected chi connectivity index (χ0v) is 22.3. The Hall–Kier alpha value is -3.53. The summed E-state index contributed by atoms with van der Waals surface area (Å²) < 4.78 is 10.6. The Kier molecular flexibility index (Phi) is 9.28. The third-order valence-corrected chi connectivity index (χ3v) is 7.41. The van der Waals surface area contributed by atoms with Crippen LogP contribution in [-0.4, -0.2) is 78.9 Å². The molecule has 1 N–H and O–H groups in total. The number of rotatable bonds is 9. The zero-order chi connectivity index (χ0) is 27.1. The largest absolute Gasteiger partial charge is 0.384 e. The topological polar surface area (TPSA) is 138 Å². The Labute approximate surface area is 225 Å². The zero-order valence-electron chi connectivity index (χ0n) is 21.4. The van der Waals surface area contributed by atoms with E-state index < -0.39 is 12.1 Å². The van der Waals surface area contributed by atoms with Gasteiger partial charge in [0.25, 0.3) is 5.91 Å². The number of amides is 3. The van der Waals surface area contributed by atoms with E-state index in [-0.39, 0.29) is 18.1 Å². The van der Waals surface area contributed by atoms with Crippen molar-refractivity contribution in [1.29, 1.82) is 5.26 Å². The van der Waals surface area contributed by atoms with Crippen LogP contribution in [0.15, 0.2) is 23.2 Å². The van der Waals surface area contributed by atoms with Gasteiger partial charge in [0.1, 0.15) is 29.5 Å². The quantitative estimate of drug-likeness (QED) is 0.290. The van der Waals surface area contributed by atoms with Gasteiger partial charge in [-0.3, -0.25) is 19.8 Å². The monoisotopic (exact) mass is 538 g/mol. The smallest absolute Gasteiger partial charge is 0.328 e. The summed E-state index contributed by atoms with van der Waals surface area (Å²) in [6.07, 6.45) is 4.59. The van der Waals surface area contributed by atoms with Gasteiger partial charge in [0.2, 0.25) is 0 Å². The number of pyridine rings is 2. The molecule has 0 unspecified atom stereocenters. The van der Waals surface area contributed by atoms with Crippen molar-refractivity contribution in [2.45, 2.75) is 43.2 Å². The number of aryl methyl sites for hydroxylation is 1. The molecule has 0 radical (unpaired) electrons. The van der Waals surface area contributed by atoms with Gasteiger partial charge in [0, 0.05) is 56.3 Å². The molecule has 0 aliphatic carbocycles. The minimum Gasteiger partial charge on any atom is -0.384 e. The lowest BCUT2D eigenvalue weighted by atomic mass is 10.0. The second-order valence-electron chi connectivity index (χ2n) is 9.03. The first-order valence-electron chi connectivity index (χ1n) is 12.4. The molecule has 2 aromatic rings. The molecule has 12 heteroatoms. The number of fused-ring (bicyclic) bond motifs is 1. The number of aldehydes is 1. The van der Waals surface area contributed by atoms with Crippen LogP contribution in [0.25, 0.3) is 0 Å². The van der Waals surface area contributed by atoms with Crippen LogP contribution in [-0.2, 0) is 27.2 Å². The van der Waals surface area contributed by atoms with E-state index in [1.54, 1.807) is 25.1 Å². The molecule has 2 aliphatic heterocycles. The van der Waals surface area contributed by atoms with Gasteiger partial charge in [0.05, 0.1) is 12.2 Å². The lowest BCUT2D eigenvalue weighted by molar-refractivity contribution is -0.140. The summed E-state index contributed by atoms with van der Waals surface area (Å²) >= 11 is 1.44. The fraction of sp³-hybridized carbons (Fsp3) is 0.462. The highest BCUT2D eigenvalue weighted by molar-refractivity contribution is 7.99. The van der Waals surface area contributed by atoms with Gasteiger partial charge in [-0.25, -0.2) is 14.8 Å². The first kappa shape index (κ1) is 27.5. The van der Waals surface area contributed by atoms with E-state index in [1.807, 2.05) is 6.07 Å². The number of nitrogens with one attached hydrogen (secondary N) is 1. The number of aromatic nitrogens is 2. The molecule has 0 spiro atoms. The first-order chi connectivity index (χ1) is 18.4. The molecule has 0 bridgehead atoms. The Morgan fingerprint density at radius 2 is 2.24 bits per heavy atom. The molecule has 2 aliphatic rings. The lowest BCUT2D eigenvalue weighted by Gasteiger charge is -2.29. The van der Waals surface area contributed by atoms with Crippen LogP contribution in [0.4, 0.5) is 16.4 Å². The number of anilines is 2. The highest BCUT2D eigenvalue weighted by Crippen LogP contribution is 2.29.